The summed E-state index contributed by atoms with van der Waals surface area (Å²) in [5.41, 5.74) is 2.85. The highest BCUT2D eigenvalue weighted by Crippen LogP contribution is 2.41. The lowest BCUT2D eigenvalue weighted by Gasteiger charge is -2.24. The third-order valence-corrected chi connectivity index (χ3v) is 6.90. The molecule has 2 aromatic carbocycles. The van der Waals surface area contributed by atoms with Gasteiger partial charge in [0.05, 0.1) is 11.6 Å². The second kappa shape index (κ2) is 10.9. The van der Waals surface area contributed by atoms with Crippen LogP contribution in [0.5, 0.6) is 5.75 Å². The maximum Gasteiger partial charge on any atom is 0.295 e. The number of carbonyl (C=O) groups excluding carboxylic acids is 2. The van der Waals surface area contributed by atoms with Crippen molar-refractivity contribution in [1.29, 1.82) is 0 Å². The molecule has 1 fully saturated rings. The molecule has 1 unspecified atom stereocenters. The van der Waals surface area contributed by atoms with Gasteiger partial charge in [-0.05, 0) is 75.3 Å². The molecule has 0 saturated carbocycles. The number of hydrogen-bond acceptors (Lipinski definition) is 6. The number of aliphatic hydroxyl groups excluding tert-OH is 1. The van der Waals surface area contributed by atoms with E-state index in [2.05, 4.69) is 6.07 Å². The molecule has 35 heavy (non-hydrogen) atoms. The zero-order chi connectivity index (χ0) is 24.9. The van der Waals surface area contributed by atoms with Gasteiger partial charge in [-0.1, -0.05) is 35.9 Å². The van der Waals surface area contributed by atoms with E-state index in [9.17, 15) is 14.7 Å². The van der Waals surface area contributed by atoms with E-state index in [1.165, 1.54) is 16.9 Å². The molecule has 3 aromatic rings. The topological polar surface area (TPSA) is 70.1 Å². The standard InChI is InChI=1S/C28H30N2O4S/c1-19-7-4-8-20(17-19)18-34-22-12-10-21(11-13-22)26(31)24-25(23-9-5-16-35-23)30(28(33)27(24)32)15-6-14-29(2)3/h4-5,7-13,16-17,25,31H,6,14-15,18H2,1-3H3/b26-24+. The van der Waals surface area contributed by atoms with Gasteiger partial charge in [-0.15, -0.1) is 11.3 Å². The van der Waals surface area contributed by atoms with Crippen LogP contribution in [0.25, 0.3) is 5.76 Å². The molecule has 1 aliphatic rings. The molecule has 182 valence electrons. The largest absolute Gasteiger partial charge is 0.507 e. The van der Waals surface area contributed by atoms with Crippen molar-refractivity contribution in [3.05, 3.63) is 93.2 Å². The number of rotatable bonds is 9. The van der Waals surface area contributed by atoms with Gasteiger partial charge in [-0.3, -0.25) is 9.59 Å². The van der Waals surface area contributed by atoms with Gasteiger partial charge in [0.1, 0.15) is 18.1 Å². The highest BCUT2D eigenvalue weighted by atomic mass is 32.1. The monoisotopic (exact) mass is 490 g/mol. The van der Waals surface area contributed by atoms with Crippen LogP contribution in [0.15, 0.2) is 71.6 Å². The van der Waals surface area contributed by atoms with Gasteiger partial charge in [-0.25, -0.2) is 0 Å². The minimum absolute atomic E-state index is 0.135. The van der Waals surface area contributed by atoms with E-state index in [0.717, 1.165) is 23.4 Å². The molecule has 1 saturated heterocycles. The summed E-state index contributed by atoms with van der Waals surface area (Å²) in [6, 6.07) is 18.3. The summed E-state index contributed by atoms with van der Waals surface area (Å²) in [5, 5.41) is 13.1. The molecule has 0 bridgehead atoms. The molecule has 0 radical (unpaired) electrons. The predicted octanol–water partition coefficient (Wildman–Crippen LogP) is 5.01. The van der Waals surface area contributed by atoms with Crippen LogP contribution in [-0.2, 0) is 16.2 Å². The summed E-state index contributed by atoms with van der Waals surface area (Å²) in [5.74, 6) is -0.726. The van der Waals surface area contributed by atoms with Crippen LogP contribution in [0, 0.1) is 6.92 Å². The number of amides is 1. The molecule has 4 rings (SSSR count). The van der Waals surface area contributed by atoms with Crippen molar-refractivity contribution in [1.82, 2.24) is 9.80 Å². The van der Waals surface area contributed by atoms with Crippen molar-refractivity contribution in [2.75, 3.05) is 27.2 Å². The summed E-state index contributed by atoms with van der Waals surface area (Å²) < 4.78 is 5.88. The fourth-order valence-corrected chi connectivity index (χ4v) is 5.09. The molecule has 6 nitrogen and oxygen atoms in total. The van der Waals surface area contributed by atoms with E-state index >= 15 is 0 Å². The molecule has 1 aliphatic heterocycles. The lowest BCUT2D eigenvalue weighted by molar-refractivity contribution is -0.139. The molecule has 1 aromatic heterocycles. The van der Waals surface area contributed by atoms with E-state index in [1.807, 2.05) is 61.6 Å². The Bertz CT molecular complexity index is 1220. The third-order valence-electron chi connectivity index (χ3n) is 5.97. The molecule has 7 heteroatoms. The van der Waals surface area contributed by atoms with E-state index in [0.29, 0.717) is 24.5 Å². The number of hydrogen-bond donors (Lipinski definition) is 1. The quantitative estimate of drug-likeness (QED) is 0.259. The summed E-state index contributed by atoms with van der Waals surface area (Å²) in [7, 11) is 3.94. The minimum atomic E-state index is -0.648. The van der Waals surface area contributed by atoms with Gasteiger partial charge in [0, 0.05) is 17.0 Å². The van der Waals surface area contributed by atoms with Crippen molar-refractivity contribution >= 4 is 28.8 Å². The SMILES string of the molecule is Cc1cccc(COc2ccc(/C(O)=C3\C(=O)C(=O)N(CCCN(C)C)C3c3cccs3)cc2)c1. The zero-order valence-corrected chi connectivity index (χ0v) is 21.0. The summed E-state index contributed by atoms with van der Waals surface area (Å²) in [6.45, 7) is 3.71. The Labute approximate surface area is 210 Å². The highest BCUT2D eigenvalue weighted by molar-refractivity contribution is 7.10. The Morgan fingerprint density at radius 3 is 2.51 bits per heavy atom. The fourth-order valence-electron chi connectivity index (χ4n) is 4.24. The summed E-state index contributed by atoms with van der Waals surface area (Å²) >= 11 is 1.47. The maximum absolute atomic E-state index is 13.0. The number of thiophene rings is 1. The number of aliphatic hydroxyl groups is 1. The first-order valence-corrected chi connectivity index (χ1v) is 12.5. The van der Waals surface area contributed by atoms with Crippen LogP contribution < -0.4 is 4.74 Å². The average Bonchev–Trinajstić information content (AvgIpc) is 3.45. The first-order chi connectivity index (χ1) is 16.8. The molecule has 0 spiro atoms. The highest BCUT2D eigenvalue weighted by Gasteiger charge is 2.46. The van der Waals surface area contributed by atoms with Crippen molar-refractivity contribution < 1.29 is 19.4 Å². The molecule has 1 atom stereocenters. The zero-order valence-electron chi connectivity index (χ0n) is 20.2. The Morgan fingerprint density at radius 2 is 1.86 bits per heavy atom. The number of likely N-dealkylation sites (tertiary alicyclic amines) is 1. The molecular weight excluding hydrogens is 460 g/mol. The summed E-state index contributed by atoms with van der Waals surface area (Å²) in [6.07, 6.45) is 0.731. The van der Waals surface area contributed by atoms with E-state index in [4.69, 9.17) is 4.74 Å². The average molecular weight is 491 g/mol. The molecular formula is C28H30N2O4S. The molecule has 2 heterocycles. The number of carbonyl (C=O) groups is 2. The van der Waals surface area contributed by atoms with E-state index in [-0.39, 0.29) is 11.3 Å². The Balaban J connectivity index is 1.58. The van der Waals surface area contributed by atoms with Crippen molar-refractivity contribution in [2.45, 2.75) is 26.0 Å². The van der Waals surface area contributed by atoms with Crippen LogP contribution in [0.1, 0.15) is 34.0 Å². The van der Waals surface area contributed by atoms with Crippen molar-refractivity contribution in [2.24, 2.45) is 0 Å². The molecule has 0 aliphatic carbocycles. The number of benzene rings is 2. The van der Waals surface area contributed by atoms with Crippen molar-refractivity contribution in [3.8, 4) is 5.75 Å². The first-order valence-electron chi connectivity index (χ1n) is 11.6. The van der Waals surface area contributed by atoms with Gasteiger partial charge >= 0.3 is 0 Å². The third kappa shape index (κ3) is 5.63. The Morgan fingerprint density at radius 1 is 1.09 bits per heavy atom. The van der Waals surface area contributed by atoms with Gasteiger partial charge in [0.2, 0.25) is 0 Å². The van der Waals surface area contributed by atoms with Gasteiger partial charge in [0.15, 0.2) is 0 Å². The van der Waals surface area contributed by atoms with Gasteiger partial charge in [-0.2, -0.15) is 0 Å². The fraction of sp³-hybridized carbons (Fsp3) is 0.286. The van der Waals surface area contributed by atoms with Gasteiger partial charge < -0.3 is 19.6 Å². The lowest BCUT2D eigenvalue weighted by atomic mass is 10.00. The van der Waals surface area contributed by atoms with Crippen LogP contribution in [-0.4, -0.2) is 53.8 Å². The van der Waals surface area contributed by atoms with Crippen LogP contribution in [0.4, 0.5) is 0 Å². The van der Waals surface area contributed by atoms with E-state index in [1.54, 1.807) is 29.2 Å². The number of ketones is 1. The van der Waals surface area contributed by atoms with Crippen LogP contribution in [0.2, 0.25) is 0 Å². The number of aryl methyl sites for hydroxylation is 1. The van der Waals surface area contributed by atoms with Crippen LogP contribution >= 0.6 is 11.3 Å². The Kier molecular flexibility index (Phi) is 7.68. The minimum Gasteiger partial charge on any atom is -0.507 e. The maximum atomic E-state index is 13.0. The molecule has 1 amide bonds. The lowest BCUT2D eigenvalue weighted by Crippen LogP contribution is -2.32. The predicted molar refractivity (Wildman–Crippen MR) is 138 cm³/mol. The number of Topliss-reactive ketones (excluding diaryl/α,β-unsaturated/α-hetero) is 1. The second-order valence-electron chi connectivity index (χ2n) is 8.97. The van der Waals surface area contributed by atoms with Crippen LogP contribution in [0.3, 0.4) is 0 Å². The van der Waals surface area contributed by atoms with Crippen molar-refractivity contribution in [3.63, 3.8) is 0 Å². The second-order valence-corrected chi connectivity index (χ2v) is 9.95. The normalized spacial score (nSPS) is 17.4. The number of ether oxygens (including phenoxy) is 1. The summed E-state index contributed by atoms with van der Waals surface area (Å²) in [4.78, 5) is 30.5. The molecule has 1 N–H and O–H groups in total. The van der Waals surface area contributed by atoms with E-state index < -0.39 is 17.7 Å². The first kappa shape index (κ1) is 24.7. The Hall–Kier alpha value is -3.42. The number of nitrogens with zero attached hydrogens (tertiary/aromatic N) is 2. The smallest absolute Gasteiger partial charge is 0.295 e. The van der Waals surface area contributed by atoms with Gasteiger partial charge in [0.25, 0.3) is 11.7 Å².